The largest absolute Gasteiger partial charge is 0.494 e. The number of carbonyl (C=O) groups is 1. The van der Waals surface area contributed by atoms with Crippen molar-refractivity contribution in [1.29, 1.82) is 0 Å². The van der Waals surface area contributed by atoms with Crippen LogP contribution in [-0.2, 0) is 4.79 Å². The quantitative estimate of drug-likeness (QED) is 0.249. The van der Waals surface area contributed by atoms with E-state index in [2.05, 4.69) is 56.8 Å². The third-order valence-corrected chi connectivity index (χ3v) is 6.43. The summed E-state index contributed by atoms with van der Waals surface area (Å²) >= 11 is 0. The molecule has 1 fully saturated rings. The zero-order chi connectivity index (χ0) is 25.3. The summed E-state index contributed by atoms with van der Waals surface area (Å²) in [6.07, 6.45) is 10.9. The summed E-state index contributed by atoms with van der Waals surface area (Å²) in [5.74, 6) is -0.289. The normalized spacial score (nSPS) is 17.6. The number of allylic oxidation sites excluding steroid dienone is 4. The maximum atomic E-state index is 14.4. The van der Waals surface area contributed by atoms with Gasteiger partial charge in [0.15, 0.2) is 17.3 Å². The molecule has 5 nitrogen and oxygen atoms in total. The van der Waals surface area contributed by atoms with Gasteiger partial charge in [0.2, 0.25) is 0 Å². The van der Waals surface area contributed by atoms with Gasteiger partial charge in [-0.1, -0.05) is 19.9 Å². The molecule has 1 saturated heterocycles. The zero-order valence-corrected chi connectivity index (χ0v) is 21.8. The SMILES string of the molecule is C\C=C(/C=C\C(=N/C(=C\C(C)=O)c1ccc(OC)c(F)c1)C(C)CC)N1CCC(N(C)C)CC1. The highest BCUT2D eigenvalue weighted by molar-refractivity contribution is 6.03. The van der Waals surface area contributed by atoms with Crippen LogP contribution in [-0.4, -0.2) is 61.6 Å². The van der Waals surface area contributed by atoms with Crippen LogP contribution in [0.4, 0.5) is 4.39 Å². The summed E-state index contributed by atoms with van der Waals surface area (Å²) in [6.45, 7) is 9.79. The number of ether oxygens (including phenoxy) is 1. The fraction of sp³-hybridized carbons (Fsp3) is 0.500. The Morgan fingerprint density at radius 2 is 1.97 bits per heavy atom. The second-order valence-corrected chi connectivity index (χ2v) is 9.06. The molecule has 0 radical (unpaired) electrons. The van der Waals surface area contributed by atoms with Gasteiger partial charge >= 0.3 is 0 Å². The lowest BCUT2D eigenvalue weighted by Crippen LogP contribution is -2.41. The Labute approximate surface area is 204 Å². The van der Waals surface area contributed by atoms with Gasteiger partial charge in [-0.2, -0.15) is 0 Å². The number of benzene rings is 1. The molecule has 1 heterocycles. The predicted molar refractivity (Wildman–Crippen MR) is 140 cm³/mol. The molecule has 1 aromatic rings. The minimum atomic E-state index is -0.484. The molecule has 0 N–H and O–H groups in total. The molecule has 0 saturated carbocycles. The van der Waals surface area contributed by atoms with Gasteiger partial charge in [-0.05, 0) is 83.5 Å². The van der Waals surface area contributed by atoms with E-state index in [0.717, 1.165) is 38.1 Å². The van der Waals surface area contributed by atoms with Crippen LogP contribution >= 0.6 is 0 Å². The molecular formula is C28H40FN3O2. The fourth-order valence-corrected chi connectivity index (χ4v) is 4.05. The van der Waals surface area contributed by atoms with E-state index < -0.39 is 5.82 Å². The fourth-order valence-electron chi connectivity index (χ4n) is 4.05. The predicted octanol–water partition coefficient (Wildman–Crippen LogP) is 5.74. The number of rotatable bonds is 10. The van der Waals surface area contributed by atoms with Crippen molar-refractivity contribution in [2.45, 2.75) is 53.0 Å². The number of piperidine rings is 1. The Bertz CT molecular complexity index is 954. The second-order valence-electron chi connectivity index (χ2n) is 9.06. The highest BCUT2D eigenvalue weighted by Gasteiger charge is 2.21. The molecule has 1 atom stereocenters. The van der Waals surface area contributed by atoms with Crippen LogP contribution in [0.2, 0.25) is 0 Å². The van der Waals surface area contributed by atoms with E-state index in [4.69, 9.17) is 9.73 Å². The lowest BCUT2D eigenvalue weighted by atomic mass is 10.00. The van der Waals surface area contributed by atoms with Crippen molar-refractivity contribution in [2.75, 3.05) is 34.3 Å². The number of carbonyl (C=O) groups excluding carboxylic acids is 1. The lowest BCUT2D eigenvalue weighted by molar-refractivity contribution is -0.112. The molecule has 1 aliphatic heterocycles. The molecule has 0 aromatic heterocycles. The van der Waals surface area contributed by atoms with Crippen molar-refractivity contribution in [2.24, 2.45) is 10.9 Å². The van der Waals surface area contributed by atoms with Gasteiger partial charge in [-0.25, -0.2) is 4.39 Å². The van der Waals surface area contributed by atoms with Gasteiger partial charge in [-0.3, -0.25) is 9.79 Å². The Balaban J connectivity index is 2.36. The van der Waals surface area contributed by atoms with Crippen molar-refractivity contribution >= 4 is 17.2 Å². The maximum absolute atomic E-state index is 14.4. The van der Waals surface area contributed by atoms with E-state index in [0.29, 0.717) is 17.3 Å². The molecule has 0 bridgehead atoms. The zero-order valence-electron chi connectivity index (χ0n) is 21.8. The van der Waals surface area contributed by atoms with Crippen LogP contribution in [0.5, 0.6) is 5.75 Å². The summed E-state index contributed by atoms with van der Waals surface area (Å²) in [4.78, 5) is 21.5. The molecule has 0 aliphatic carbocycles. The van der Waals surface area contributed by atoms with Crippen LogP contribution < -0.4 is 4.74 Å². The maximum Gasteiger partial charge on any atom is 0.165 e. The third kappa shape index (κ3) is 7.66. The Morgan fingerprint density at radius 1 is 1.29 bits per heavy atom. The van der Waals surface area contributed by atoms with Crippen LogP contribution in [0, 0.1) is 11.7 Å². The van der Waals surface area contributed by atoms with E-state index in [1.807, 2.05) is 6.08 Å². The molecule has 1 aliphatic rings. The molecular weight excluding hydrogens is 429 g/mol. The van der Waals surface area contributed by atoms with Crippen LogP contribution in [0.1, 0.15) is 52.5 Å². The third-order valence-electron chi connectivity index (χ3n) is 6.43. The molecule has 1 aromatic carbocycles. The average Bonchev–Trinajstić information content (AvgIpc) is 2.82. The van der Waals surface area contributed by atoms with E-state index in [9.17, 15) is 9.18 Å². The molecule has 186 valence electrons. The van der Waals surface area contributed by atoms with Crippen molar-refractivity contribution in [3.05, 3.63) is 59.6 Å². The number of ketones is 1. The summed E-state index contributed by atoms with van der Waals surface area (Å²) in [5.41, 5.74) is 3.01. The standard InChI is InChI=1S/C28H40FN3O2/c1-8-20(3)26(12-11-23(9-2)32-16-14-24(15-17-32)31(5)6)30-27(18-21(4)33)22-10-13-28(34-7)25(29)19-22/h9-13,18-20,24H,8,14-17H2,1-7H3/b12-11-,23-9+,27-18-,30-26+. The molecule has 0 amide bonds. The molecule has 34 heavy (non-hydrogen) atoms. The minimum Gasteiger partial charge on any atom is -0.494 e. The topological polar surface area (TPSA) is 45.1 Å². The van der Waals surface area contributed by atoms with Gasteiger partial charge in [0.05, 0.1) is 12.8 Å². The van der Waals surface area contributed by atoms with Crippen LogP contribution in [0.25, 0.3) is 5.70 Å². The second kappa shape index (κ2) is 13.2. The first-order chi connectivity index (χ1) is 16.2. The van der Waals surface area contributed by atoms with Gasteiger partial charge in [-0.15, -0.1) is 0 Å². The Hall–Kier alpha value is -2.73. The minimum absolute atomic E-state index is 0.139. The Kier molecular flexibility index (Phi) is 10.7. The molecule has 0 spiro atoms. The number of likely N-dealkylation sites (tertiary alicyclic amines) is 1. The molecule has 1 unspecified atom stereocenters. The van der Waals surface area contributed by atoms with Crippen molar-refractivity contribution < 1.29 is 13.9 Å². The number of methoxy groups -OCH3 is 1. The van der Waals surface area contributed by atoms with Crippen LogP contribution in [0.3, 0.4) is 0 Å². The van der Waals surface area contributed by atoms with E-state index >= 15 is 0 Å². The van der Waals surface area contributed by atoms with Gasteiger partial charge in [0.25, 0.3) is 0 Å². The smallest absolute Gasteiger partial charge is 0.165 e. The number of hydrogen-bond donors (Lipinski definition) is 0. The van der Waals surface area contributed by atoms with Crippen LogP contribution in [0.15, 0.2) is 53.2 Å². The summed E-state index contributed by atoms with van der Waals surface area (Å²) in [5, 5.41) is 0. The van der Waals surface area contributed by atoms with Crippen molar-refractivity contribution in [3.63, 3.8) is 0 Å². The van der Waals surface area contributed by atoms with Crippen molar-refractivity contribution in [3.8, 4) is 5.75 Å². The molecule has 2 rings (SSSR count). The summed E-state index contributed by atoms with van der Waals surface area (Å²) < 4.78 is 19.4. The average molecular weight is 470 g/mol. The molecule has 6 heteroatoms. The summed E-state index contributed by atoms with van der Waals surface area (Å²) in [6, 6.07) is 5.27. The first-order valence-corrected chi connectivity index (χ1v) is 12.1. The van der Waals surface area contributed by atoms with Gasteiger partial charge in [0.1, 0.15) is 0 Å². The highest BCUT2D eigenvalue weighted by atomic mass is 19.1. The van der Waals surface area contributed by atoms with Gasteiger partial charge < -0.3 is 14.5 Å². The monoisotopic (exact) mass is 469 g/mol. The van der Waals surface area contributed by atoms with Gasteiger partial charge in [0, 0.05) is 42.2 Å². The first kappa shape index (κ1) is 27.5. The van der Waals surface area contributed by atoms with E-state index in [-0.39, 0.29) is 17.5 Å². The first-order valence-electron chi connectivity index (χ1n) is 12.1. The number of halogens is 1. The van der Waals surface area contributed by atoms with Crippen molar-refractivity contribution in [1.82, 2.24) is 9.80 Å². The van der Waals surface area contributed by atoms with E-state index in [1.165, 1.54) is 31.9 Å². The number of nitrogens with zero attached hydrogens (tertiary/aromatic N) is 3. The summed E-state index contributed by atoms with van der Waals surface area (Å²) in [7, 11) is 5.72. The number of aliphatic imine (C=N–C) groups is 1. The Morgan fingerprint density at radius 3 is 2.47 bits per heavy atom. The highest BCUT2D eigenvalue weighted by Crippen LogP contribution is 2.25. The lowest BCUT2D eigenvalue weighted by Gasteiger charge is -2.37. The number of hydrogen-bond acceptors (Lipinski definition) is 5. The van der Waals surface area contributed by atoms with E-state index in [1.54, 1.807) is 12.1 Å².